The number of carbonyl (C=O) groups is 1. The van der Waals surface area contributed by atoms with E-state index < -0.39 is 0 Å². The molecular weight excluding hydrogens is 238 g/mol. The van der Waals surface area contributed by atoms with Gasteiger partial charge in [0.05, 0.1) is 12.7 Å². The molecule has 0 atom stereocenters. The van der Waals surface area contributed by atoms with Gasteiger partial charge in [0.1, 0.15) is 0 Å². The molecule has 0 amide bonds. The van der Waals surface area contributed by atoms with Crippen LogP contribution in [0, 0.1) is 20.8 Å². The Kier molecular flexibility index (Phi) is 3.74. The first-order chi connectivity index (χ1) is 9.02. The van der Waals surface area contributed by atoms with E-state index in [9.17, 15) is 4.79 Å². The van der Waals surface area contributed by atoms with Gasteiger partial charge in [-0.2, -0.15) is 0 Å². The second kappa shape index (κ2) is 5.31. The highest BCUT2D eigenvalue weighted by molar-refractivity contribution is 5.92. The zero-order chi connectivity index (χ0) is 14.0. The predicted octanol–water partition coefficient (Wildman–Crippen LogP) is 3.32. The van der Waals surface area contributed by atoms with Crippen molar-refractivity contribution >= 4 is 5.97 Å². The Balaban J connectivity index is 2.33. The van der Waals surface area contributed by atoms with Crippen LogP contribution in [-0.2, 0) is 11.2 Å². The van der Waals surface area contributed by atoms with E-state index >= 15 is 0 Å². The van der Waals surface area contributed by atoms with E-state index in [4.69, 9.17) is 4.74 Å². The highest BCUT2D eigenvalue weighted by Gasteiger charge is 2.16. The van der Waals surface area contributed by atoms with Crippen LogP contribution in [0.3, 0.4) is 0 Å². The molecule has 3 heteroatoms. The van der Waals surface area contributed by atoms with Crippen molar-refractivity contribution in [1.82, 2.24) is 4.98 Å². The van der Waals surface area contributed by atoms with Crippen LogP contribution < -0.4 is 0 Å². The number of aryl methyl sites for hydroxylation is 3. The van der Waals surface area contributed by atoms with Crippen LogP contribution in [0.4, 0.5) is 0 Å². The molecule has 2 aromatic rings. The quantitative estimate of drug-likeness (QED) is 0.857. The van der Waals surface area contributed by atoms with Crippen LogP contribution in [0.15, 0.2) is 24.4 Å². The number of carbonyl (C=O) groups excluding carboxylic acids is 1. The zero-order valence-corrected chi connectivity index (χ0v) is 11.8. The van der Waals surface area contributed by atoms with E-state index in [1.165, 1.54) is 23.8 Å². The summed E-state index contributed by atoms with van der Waals surface area (Å²) < 4.78 is 4.84. The molecule has 2 rings (SSSR count). The van der Waals surface area contributed by atoms with Gasteiger partial charge in [0.2, 0.25) is 0 Å². The molecule has 1 heterocycles. The number of benzene rings is 1. The summed E-state index contributed by atoms with van der Waals surface area (Å²) in [4.78, 5) is 14.9. The van der Waals surface area contributed by atoms with Crippen molar-refractivity contribution in [2.75, 3.05) is 7.11 Å². The number of hydrogen-bond donors (Lipinski definition) is 1. The Hall–Kier alpha value is -2.03. The Bertz CT molecular complexity index is 611. The molecule has 0 bridgehead atoms. The molecule has 0 aliphatic rings. The number of nitrogens with one attached hydrogen (secondary N) is 1. The third-order valence-corrected chi connectivity index (χ3v) is 3.51. The molecule has 100 valence electrons. The van der Waals surface area contributed by atoms with Gasteiger partial charge >= 0.3 is 5.97 Å². The molecule has 1 N–H and O–H groups in total. The largest absolute Gasteiger partial charge is 0.465 e. The van der Waals surface area contributed by atoms with Crippen LogP contribution in [0.1, 0.15) is 38.3 Å². The van der Waals surface area contributed by atoms with Crippen molar-refractivity contribution in [1.29, 1.82) is 0 Å². The summed E-state index contributed by atoms with van der Waals surface area (Å²) in [5.41, 5.74) is 6.23. The lowest BCUT2D eigenvalue weighted by Crippen LogP contribution is -2.05. The van der Waals surface area contributed by atoms with Crippen molar-refractivity contribution in [3.63, 3.8) is 0 Å². The van der Waals surface area contributed by atoms with Crippen molar-refractivity contribution in [2.45, 2.75) is 27.2 Å². The normalized spacial score (nSPS) is 10.5. The third kappa shape index (κ3) is 2.70. The Morgan fingerprint density at radius 2 is 1.95 bits per heavy atom. The number of ether oxygens (including phenoxy) is 1. The monoisotopic (exact) mass is 257 g/mol. The van der Waals surface area contributed by atoms with Gasteiger partial charge in [0.15, 0.2) is 0 Å². The minimum absolute atomic E-state index is 0.280. The Morgan fingerprint density at radius 3 is 2.58 bits per heavy atom. The van der Waals surface area contributed by atoms with Gasteiger partial charge in [-0.15, -0.1) is 0 Å². The fraction of sp³-hybridized carbons (Fsp3) is 0.312. The molecule has 1 aromatic heterocycles. The summed E-state index contributed by atoms with van der Waals surface area (Å²) in [5, 5.41) is 0. The van der Waals surface area contributed by atoms with Gasteiger partial charge < -0.3 is 9.72 Å². The van der Waals surface area contributed by atoms with Crippen LogP contribution in [0.25, 0.3) is 0 Å². The highest BCUT2D eigenvalue weighted by atomic mass is 16.5. The maximum absolute atomic E-state index is 11.8. The molecule has 0 aliphatic carbocycles. The van der Waals surface area contributed by atoms with E-state index in [0.717, 1.165) is 17.7 Å². The lowest BCUT2D eigenvalue weighted by atomic mass is 9.99. The van der Waals surface area contributed by atoms with Gasteiger partial charge in [-0.05, 0) is 49.4 Å². The molecule has 0 unspecified atom stereocenters. The van der Waals surface area contributed by atoms with Crippen LogP contribution in [-0.4, -0.2) is 18.1 Å². The molecule has 1 aromatic carbocycles. The minimum Gasteiger partial charge on any atom is -0.465 e. The molecule has 0 aliphatic heterocycles. The van der Waals surface area contributed by atoms with E-state index in [-0.39, 0.29) is 5.97 Å². The van der Waals surface area contributed by atoms with Crippen LogP contribution in [0.5, 0.6) is 0 Å². The van der Waals surface area contributed by atoms with Gasteiger partial charge in [-0.3, -0.25) is 0 Å². The first kappa shape index (κ1) is 13.4. The van der Waals surface area contributed by atoms with E-state index in [1.54, 1.807) is 0 Å². The van der Waals surface area contributed by atoms with E-state index in [0.29, 0.717) is 5.56 Å². The molecular formula is C16H19NO2. The fourth-order valence-corrected chi connectivity index (χ4v) is 2.24. The van der Waals surface area contributed by atoms with E-state index in [2.05, 4.69) is 37.0 Å². The van der Waals surface area contributed by atoms with Crippen molar-refractivity contribution in [2.24, 2.45) is 0 Å². The SMILES string of the molecule is COC(=O)c1c(Cc2ccc(C)c(C)c2)c[nH]c1C. The predicted molar refractivity (Wildman–Crippen MR) is 75.6 cm³/mol. The standard InChI is InChI=1S/C16H19NO2/c1-10-5-6-13(7-11(10)2)8-14-9-17-12(3)15(14)16(18)19-4/h5-7,9,17H,8H2,1-4H3. The molecule has 0 saturated heterocycles. The second-order valence-electron chi connectivity index (χ2n) is 4.90. The minimum atomic E-state index is -0.280. The summed E-state index contributed by atoms with van der Waals surface area (Å²) in [6, 6.07) is 6.38. The topological polar surface area (TPSA) is 42.1 Å². The van der Waals surface area contributed by atoms with Gasteiger partial charge in [-0.1, -0.05) is 18.2 Å². The molecule has 0 saturated carbocycles. The number of hydrogen-bond acceptors (Lipinski definition) is 2. The number of rotatable bonds is 3. The Morgan fingerprint density at radius 1 is 1.21 bits per heavy atom. The lowest BCUT2D eigenvalue weighted by molar-refractivity contribution is 0.0599. The molecule has 0 fully saturated rings. The first-order valence-corrected chi connectivity index (χ1v) is 6.34. The summed E-state index contributed by atoms with van der Waals surface area (Å²) in [5.74, 6) is -0.280. The highest BCUT2D eigenvalue weighted by Crippen LogP contribution is 2.20. The first-order valence-electron chi connectivity index (χ1n) is 6.34. The molecule has 19 heavy (non-hydrogen) atoms. The number of methoxy groups -OCH3 is 1. The van der Waals surface area contributed by atoms with Crippen molar-refractivity contribution < 1.29 is 9.53 Å². The van der Waals surface area contributed by atoms with Gasteiger partial charge in [0, 0.05) is 11.9 Å². The van der Waals surface area contributed by atoms with Crippen molar-refractivity contribution in [3.05, 3.63) is 57.9 Å². The van der Waals surface area contributed by atoms with Gasteiger partial charge in [0.25, 0.3) is 0 Å². The summed E-state index contributed by atoms with van der Waals surface area (Å²) in [6.45, 7) is 6.08. The van der Waals surface area contributed by atoms with Crippen LogP contribution in [0.2, 0.25) is 0 Å². The van der Waals surface area contributed by atoms with Crippen LogP contribution >= 0.6 is 0 Å². The molecule has 0 radical (unpaired) electrons. The maximum Gasteiger partial charge on any atom is 0.339 e. The second-order valence-corrected chi connectivity index (χ2v) is 4.90. The van der Waals surface area contributed by atoms with Gasteiger partial charge in [-0.25, -0.2) is 4.79 Å². The average Bonchev–Trinajstić information content (AvgIpc) is 2.74. The zero-order valence-electron chi connectivity index (χ0n) is 11.8. The molecule has 3 nitrogen and oxygen atoms in total. The van der Waals surface area contributed by atoms with E-state index in [1.807, 2.05) is 13.1 Å². The third-order valence-electron chi connectivity index (χ3n) is 3.51. The maximum atomic E-state index is 11.8. The fourth-order valence-electron chi connectivity index (χ4n) is 2.24. The smallest absolute Gasteiger partial charge is 0.339 e. The Labute approximate surface area is 113 Å². The summed E-state index contributed by atoms with van der Waals surface area (Å²) in [6.07, 6.45) is 2.62. The average molecular weight is 257 g/mol. The summed E-state index contributed by atoms with van der Waals surface area (Å²) in [7, 11) is 1.41. The lowest BCUT2D eigenvalue weighted by Gasteiger charge is -2.06. The summed E-state index contributed by atoms with van der Waals surface area (Å²) >= 11 is 0. The number of H-pyrrole nitrogens is 1. The number of aromatic amines is 1. The number of esters is 1. The number of aromatic nitrogens is 1. The molecule has 0 spiro atoms. The van der Waals surface area contributed by atoms with Crippen molar-refractivity contribution in [3.8, 4) is 0 Å².